The largest absolute Gasteiger partial charge is 0.493 e. The second-order valence-electron chi connectivity index (χ2n) is 7.62. The summed E-state index contributed by atoms with van der Waals surface area (Å²) in [6.07, 6.45) is 5.64. The van der Waals surface area contributed by atoms with Crippen molar-refractivity contribution in [3.05, 3.63) is 47.5 Å². The predicted molar refractivity (Wildman–Crippen MR) is 115 cm³/mol. The van der Waals surface area contributed by atoms with Crippen LogP contribution in [-0.4, -0.2) is 43.2 Å². The van der Waals surface area contributed by atoms with Crippen molar-refractivity contribution < 1.29 is 14.3 Å². The van der Waals surface area contributed by atoms with Crippen molar-refractivity contribution in [1.82, 2.24) is 10.3 Å². The Morgan fingerprint density at radius 2 is 2.23 bits per heavy atom. The Balaban J connectivity index is 1.22. The van der Waals surface area contributed by atoms with Crippen LogP contribution in [0.5, 0.6) is 11.5 Å². The van der Waals surface area contributed by atoms with Gasteiger partial charge in [0.15, 0.2) is 16.6 Å². The number of benzene rings is 1. The van der Waals surface area contributed by atoms with Crippen LogP contribution < -0.4 is 19.7 Å². The lowest BCUT2D eigenvalue weighted by atomic mass is 9.81. The van der Waals surface area contributed by atoms with Crippen LogP contribution >= 0.6 is 11.3 Å². The molecule has 2 fully saturated rings. The molecule has 30 heavy (non-hydrogen) atoms. The van der Waals surface area contributed by atoms with Gasteiger partial charge in [-0.15, -0.1) is 6.58 Å². The SMILES string of the molecule is C=CCc1ccc(OC)c(OC2CC(C(=O)NC3CN(c4ncc(C#N)s4)C3)C2)c1. The number of rotatable bonds is 8. The van der Waals surface area contributed by atoms with Gasteiger partial charge in [-0.2, -0.15) is 5.26 Å². The van der Waals surface area contributed by atoms with Gasteiger partial charge in [-0.1, -0.05) is 23.5 Å². The van der Waals surface area contributed by atoms with E-state index in [9.17, 15) is 4.79 Å². The monoisotopic (exact) mass is 424 g/mol. The molecule has 1 saturated heterocycles. The zero-order valence-corrected chi connectivity index (χ0v) is 17.7. The lowest BCUT2D eigenvalue weighted by molar-refractivity contribution is -0.131. The fourth-order valence-electron chi connectivity index (χ4n) is 3.67. The van der Waals surface area contributed by atoms with Crippen LogP contribution in [0.15, 0.2) is 37.1 Å². The summed E-state index contributed by atoms with van der Waals surface area (Å²) in [5.41, 5.74) is 1.12. The highest BCUT2D eigenvalue weighted by atomic mass is 32.1. The zero-order chi connectivity index (χ0) is 21.1. The molecule has 1 saturated carbocycles. The molecule has 0 atom stereocenters. The van der Waals surface area contributed by atoms with Crippen molar-refractivity contribution in [3.8, 4) is 17.6 Å². The van der Waals surface area contributed by atoms with Gasteiger partial charge in [0.05, 0.1) is 19.3 Å². The molecule has 8 heteroatoms. The van der Waals surface area contributed by atoms with Crippen LogP contribution in [-0.2, 0) is 11.2 Å². The fourth-order valence-corrected chi connectivity index (χ4v) is 4.40. The number of amides is 1. The number of carbonyl (C=O) groups is 1. The van der Waals surface area contributed by atoms with E-state index in [1.165, 1.54) is 11.3 Å². The summed E-state index contributed by atoms with van der Waals surface area (Å²) < 4.78 is 11.5. The average molecular weight is 425 g/mol. The van der Waals surface area contributed by atoms with Crippen molar-refractivity contribution in [2.45, 2.75) is 31.4 Å². The Hall–Kier alpha value is -3.05. The molecule has 156 valence electrons. The van der Waals surface area contributed by atoms with Crippen molar-refractivity contribution in [2.24, 2.45) is 5.92 Å². The second kappa shape index (κ2) is 8.76. The molecule has 2 heterocycles. The van der Waals surface area contributed by atoms with Gasteiger partial charge >= 0.3 is 0 Å². The van der Waals surface area contributed by atoms with Crippen LogP contribution in [0.1, 0.15) is 23.3 Å². The number of carbonyl (C=O) groups excluding carboxylic acids is 1. The first kappa shape index (κ1) is 20.2. The molecule has 0 bridgehead atoms. The van der Waals surface area contributed by atoms with E-state index in [2.05, 4.69) is 27.8 Å². The molecule has 1 aromatic heterocycles. The van der Waals surface area contributed by atoms with Gasteiger partial charge in [-0.25, -0.2) is 4.98 Å². The van der Waals surface area contributed by atoms with E-state index in [0.717, 1.165) is 36.0 Å². The number of nitrogens with zero attached hydrogens (tertiary/aromatic N) is 3. The van der Waals surface area contributed by atoms with E-state index < -0.39 is 0 Å². The second-order valence-corrected chi connectivity index (χ2v) is 8.62. The molecule has 0 spiro atoms. The average Bonchev–Trinajstić information content (AvgIpc) is 3.15. The van der Waals surface area contributed by atoms with E-state index in [0.29, 0.717) is 23.5 Å². The van der Waals surface area contributed by atoms with Crippen molar-refractivity contribution >= 4 is 22.4 Å². The normalized spacial score (nSPS) is 20.5. The molecule has 1 amide bonds. The number of nitrogens with one attached hydrogen (secondary N) is 1. The zero-order valence-electron chi connectivity index (χ0n) is 16.8. The summed E-state index contributed by atoms with van der Waals surface area (Å²) in [6, 6.07) is 8.11. The summed E-state index contributed by atoms with van der Waals surface area (Å²) in [7, 11) is 1.63. The Morgan fingerprint density at radius 1 is 1.43 bits per heavy atom. The van der Waals surface area contributed by atoms with E-state index in [1.807, 2.05) is 24.3 Å². The number of hydrogen-bond acceptors (Lipinski definition) is 7. The first-order valence-electron chi connectivity index (χ1n) is 9.95. The quantitative estimate of drug-likeness (QED) is 0.656. The number of thiazole rings is 1. The fraction of sp³-hybridized carbons (Fsp3) is 0.409. The van der Waals surface area contributed by atoms with Crippen LogP contribution in [0.3, 0.4) is 0 Å². The molecule has 2 aliphatic rings. The van der Waals surface area contributed by atoms with Gasteiger partial charge in [0.2, 0.25) is 5.91 Å². The third-order valence-corrected chi connectivity index (χ3v) is 6.43. The van der Waals surface area contributed by atoms with Gasteiger partial charge in [0.1, 0.15) is 17.1 Å². The van der Waals surface area contributed by atoms with E-state index in [-0.39, 0.29) is 24.0 Å². The smallest absolute Gasteiger partial charge is 0.223 e. The minimum atomic E-state index is -0.0172. The van der Waals surface area contributed by atoms with Crippen LogP contribution in [0, 0.1) is 17.2 Å². The van der Waals surface area contributed by atoms with Crippen molar-refractivity contribution in [3.63, 3.8) is 0 Å². The summed E-state index contributed by atoms with van der Waals surface area (Å²) in [6.45, 7) is 5.23. The minimum absolute atomic E-state index is 0.0172. The third-order valence-electron chi connectivity index (χ3n) is 5.47. The predicted octanol–water partition coefficient (Wildman–Crippen LogP) is 2.91. The molecule has 7 nitrogen and oxygen atoms in total. The number of nitriles is 1. The maximum Gasteiger partial charge on any atom is 0.223 e. The summed E-state index contributed by atoms with van der Waals surface area (Å²) in [5.74, 6) is 1.49. The molecule has 2 aromatic rings. The molecule has 1 aliphatic carbocycles. The van der Waals surface area contributed by atoms with Gasteiger partial charge in [-0.3, -0.25) is 4.79 Å². The molecule has 1 N–H and O–H groups in total. The number of methoxy groups -OCH3 is 1. The number of anilines is 1. The summed E-state index contributed by atoms with van der Waals surface area (Å²) in [5, 5.41) is 12.8. The Bertz CT molecular complexity index is 971. The van der Waals surface area contributed by atoms with E-state index in [1.54, 1.807) is 13.3 Å². The number of hydrogen-bond donors (Lipinski definition) is 1. The lowest BCUT2D eigenvalue weighted by Gasteiger charge is -2.41. The van der Waals surface area contributed by atoms with E-state index in [4.69, 9.17) is 14.7 Å². The van der Waals surface area contributed by atoms with Crippen molar-refractivity contribution in [2.75, 3.05) is 25.1 Å². The number of ether oxygens (including phenoxy) is 2. The molecular formula is C22H24N4O3S. The molecule has 0 unspecified atom stereocenters. The van der Waals surface area contributed by atoms with Crippen LogP contribution in [0.25, 0.3) is 0 Å². The number of aromatic nitrogens is 1. The van der Waals surface area contributed by atoms with Gasteiger partial charge in [0, 0.05) is 19.0 Å². The Kier molecular flexibility index (Phi) is 5.91. The molecular weight excluding hydrogens is 400 g/mol. The highest BCUT2D eigenvalue weighted by Crippen LogP contribution is 2.36. The van der Waals surface area contributed by atoms with Crippen LogP contribution in [0.4, 0.5) is 5.13 Å². The highest BCUT2D eigenvalue weighted by molar-refractivity contribution is 7.16. The first-order chi connectivity index (χ1) is 14.6. The highest BCUT2D eigenvalue weighted by Gasteiger charge is 2.39. The minimum Gasteiger partial charge on any atom is -0.493 e. The Labute approximate surface area is 179 Å². The van der Waals surface area contributed by atoms with Crippen molar-refractivity contribution in [1.29, 1.82) is 5.26 Å². The molecule has 0 radical (unpaired) electrons. The van der Waals surface area contributed by atoms with Crippen LogP contribution in [0.2, 0.25) is 0 Å². The molecule has 4 rings (SSSR count). The maximum absolute atomic E-state index is 12.5. The topological polar surface area (TPSA) is 87.5 Å². The van der Waals surface area contributed by atoms with Gasteiger partial charge < -0.3 is 19.7 Å². The lowest BCUT2D eigenvalue weighted by Crippen LogP contribution is -2.61. The molecule has 1 aliphatic heterocycles. The molecule has 1 aromatic carbocycles. The maximum atomic E-state index is 12.5. The van der Waals surface area contributed by atoms with Gasteiger partial charge in [-0.05, 0) is 37.0 Å². The number of allylic oxidation sites excluding steroid dienone is 1. The summed E-state index contributed by atoms with van der Waals surface area (Å²) >= 11 is 1.38. The van der Waals surface area contributed by atoms with E-state index >= 15 is 0 Å². The summed E-state index contributed by atoms with van der Waals surface area (Å²) in [4.78, 5) is 19.4. The standard InChI is InChI=1S/C22H24N4O3S/c1-3-4-14-5-6-19(28-2)20(7-14)29-17-8-15(9-17)21(27)25-16-12-26(13-16)22-24-11-18(10-23)30-22/h3,5-7,11,15-17H,1,4,8-9,12-13H2,2H3,(H,25,27). The first-order valence-corrected chi connectivity index (χ1v) is 10.8. The Morgan fingerprint density at radius 3 is 2.90 bits per heavy atom. The van der Waals surface area contributed by atoms with Gasteiger partial charge in [0.25, 0.3) is 0 Å². The third kappa shape index (κ3) is 4.26.